The lowest BCUT2D eigenvalue weighted by Crippen LogP contribution is -2.25. The number of aromatic amines is 1. The van der Waals surface area contributed by atoms with E-state index in [4.69, 9.17) is 5.11 Å². The van der Waals surface area contributed by atoms with E-state index in [0.717, 1.165) is 12.1 Å². The third-order valence-corrected chi connectivity index (χ3v) is 3.89. The molecule has 106 valence electrons. The SMILES string of the molecule is O=C(O)c1ccc(S(=O)(=O)NCc2ncc[nH]2)c(F)c1. The number of imidazole rings is 1. The van der Waals surface area contributed by atoms with Crippen LogP contribution >= 0.6 is 0 Å². The van der Waals surface area contributed by atoms with Crippen LogP contribution in [0.3, 0.4) is 0 Å². The van der Waals surface area contributed by atoms with E-state index in [9.17, 15) is 17.6 Å². The molecule has 0 aliphatic carbocycles. The van der Waals surface area contributed by atoms with Gasteiger partial charge < -0.3 is 10.1 Å². The van der Waals surface area contributed by atoms with Crippen LogP contribution in [0.2, 0.25) is 0 Å². The molecule has 7 nitrogen and oxygen atoms in total. The first-order valence-electron chi connectivity index (χ1n) is 5.41. The summed E-state index contributed by atoms with van der Waals surface area (Å²) < 4.78 is 39.6. The van der Waals surface area contributed by atoms with Crippen molar-refractivity contribution in [3.8, 4) is 0 Å². The number of hydrogen-bond donors (Lipinski definition) is 3. The zero-order chi connectivity index (χ0) is 14.8. The molecule has 0 saturated heterocycles. The Kier molecular flexibility index (Phi) is 3.81. The fourth-order valence-electron chi connectivity index (χ4n) is 1.49. The average molecular weight is 299 g/mol. The number of halogens is 1. The van der Waals surface area contributed by atoms with Crippen LogP contribution in [0, 0.1) is 5.82 Å². The maximum atomic E-state index is 13.7. The fraction of sp³-hybridized carbons (Fsp3) is 0.0909. The van der Waals surface area contributed by atoms with Crippen molar-refractivity contribution in [1.29, 1.82) is 0 Å². The minimum Gasteiger partial charge on any atom is -0.478 e. The van der Waals surface area contributed by atoms with Crippen molar-refractivity contribution in [2.45, 2.75) is 11.4 Å². The summed E-state index contributed by atoms with van der Waals surface area (Å²) in [6, 6.07) is 2.58. The van der Waals surface area contributed by atoms with Gasteiger partial charge >= 0.3 is 5.97 Å². The Morgan fingerprint density at radius 3 is 2.75 bits per heavy atom. The van der Waals surface area contributed by atoms with Crippen LogP contribution in [-0.4, -0.2) is 29.5 Å². The summed E-state index contributed by atoms with van der Waals surface area (Å²) in [5.74, 6) is -2.09. The first-order chi connectivity index (χ1) is 9.40. The second kappa shape index (κ2) is 5.39. The van der Waals surface area contributed by atoms with Gasteiger partial charge in [-0.15, -0.1) is 0 Å². The normalized spacial score (nSPS) is 11.4. The Morgan fingerprint density at radius 1 is 1.45 bits per heavy atom. The van der Waals surface area contributed by atoms with E-state index in [-0.39, 0.29) is 12.1 Å². The third-order valence-electron chi connectivity index (χ3n) is 2.45. The van der Waals surface area contributed by atoms with Crippen LogP contribution in [0.4, 0.5) is 4.39 Å². The van der Waals surface area contributed by atoms with Gasteiger partial charge in [0.05, 0.1) is 12.1 Å². The molecule has 1 aromatic heterocycles. The molecule has 0 fully saturated rings. The average Bonchev–Trinajstić information content (AvgIpc) is 2.89. The molecule has 0 aliphatic heterocycles. The van der Waals surface area contributed by atoms with Gasteiger partial charge in [0.25, 0.3) is 0 Å². The molecule has 0 amide bonds. The van der Waals surface area contributed by atoms with Gasteiger partial charge in [0, 0.05) is 12.4 Å². The van der Waals surface area contributed by atoms with Gasteiger partial charge in [0.15, 0.2) is 0 Å². The Bertz CT molecular complexity index is 728. The molecule has 9 heteroatoms. The summed E-state index contributed by atoms with van der Waals surface area (Å²) in [6.45, 7) is -0.130. The van der Waals surface area contributed by atoms with Crippen molar-refractivity contribution in [3.63, 3.8) is 0 Å². The number of aromatic nitrogens is 2. The Balaban J connectivity index is 2.23. The van der Waals surface area contributed by atoms with Gasteiger partial charge in [-0.25, -0.2) is 27.3 Å². The predicted octanol–water partition coefficient (Wildman–Crippen LogP) is 0.725. The van der Waals surface area contributed by atoms with Crippen LogP contribution in [0.15, 0.2) is 35.5 Å². The van der Waals surface area contributed by atoms with Crippen molar-refractivity contribution in [3.05, 3.63) is 47.8 Å². The smallest absolute Gasteiger partial charge is 0.335 e. The number of nitrogens with one attached hydrogen (secondary N) is 2. The summed E-state index contributed by atoms with van der Waals surface area (Å²) in [7, 11) is -4.09. The zero-order valence-corrected chi connectivity index (χ0v) is 10.8. The number of carboxylic acids is 1. The third kappa shape index (κ3) is 3.00. The summed E-state index contributed by atoms with van der Waals surface area (Å²) in [4.78, 5) is 16.5. The van der Waals surface area contributed by atoms with E-state index < -0.39 is 26.7 Å². The predicted molar refractivity (Wildman–Crippen MR) is 66.0 cm³/mol. The Morgan fingerprint density at radius 2 is 2.20 bits per heavy atom. The molecule has 0 radical (unpaired) electrons. The lowest BCUT2D eigenvalue weighted by Gasteiger charge is -2.07. The number of H-pyrrole nitrogens is 1. The van der Waals surface area contributed by atoms with Crippen LogP contribution < -0.4 is 4.72 Å². The monoisotopic (exact) mass is 299 g/mol. The van der Waals surface area contributed by atoms with E-state index >= 15 is 0 Å². The first-order valence-corrected chi connectivity index (χ1v) is 6.89. The molecule has 3 N–H and O–H groups in total. The number of nitrogens with zero attached hydrogens (tertiary/aromatic N) is 1. The van der Waals surface area contributed by atoms with Gasteiger partial charge in [-0.1, -0.05) is 0 Å². The molecule has 0 saturated carbocycles. The number of rotatable bonds is 5. The number of carbonyl (C=O) groups is 1. The highest BCUT2D eigenvalue weighted by atomic mass is 32.2. The maximum absolute atomic E-state index is 13.7. The molecule has 2 rings (SSSR count). The molecule has 2 aromatic rings. The molecule has 20 heavy (non-hydrogen) atoms. The summed E-state index contributed by atoms with van der Waals surface area (Å²) in [5.41, 5.74) is -0.326. The standard InChI is InChI=1S/C11H10FN3O4S/c12-8-5-7(11(16)17)1-2-9(8)20(18,19)15-6-10-13-3-4-14-10/h1-5,15H,6H2,(H,13,14)(H,16,17). The van der Waals surface area contributed by atoms with Gasteiger partial charge in [-0.3, -0.25) is 0 Å². The van der Waals surface area contributed by atoms with Crippen molar-refractivity contribution < 1.29 is 22.7 Å². The summed E-state index contributed by atoms with van der Waals surface area (Å²) in [6.07, 6.45) is 2.97. The van der Waals surface area contributed by atoms with Crippen LogP contribution in [0.1, 0.15) is 16.2 Å². The number of benzene rings is 1. The molecular weight excluding hydrogens is 289 g/mol. The minimum atomic E-state index is -4.09. The van der Waals surface area contributed by atoms with Crippen molar-refractivity contribution in [1.82, 2.24) is 14.7 Å². The molecule has 0 bridgehead atoms. The van der Waals surface area contributed by atoms with Gasteiger partial charge in [0.1, 0.15) is 16.5 Å². The topological polar surface area (TPSA) is 112 Å². The van der Waals surface area contributed by atoms with Gasteiger partial charge in [-0.2, -0.15) is 0 Å². The lowest BCUT2D eigenvalue weighted by molar-refractivity contribution is 0.0696. The second-order valence-corrected chi connectivity index (χ2v) is 5.55. The van der Waals surface area contributed by atoms with Crippen LogP contribution in [0.25, 0.3) is 0 Å². The summed E-state index contributed by atoms with van der Waals surface area (Å²) in [5, 5.41) is 8.69. The van der Waals surface area contributed by atoms with Crippen LogP contribution in [-0.2, 0) is 16.6 Å². The molecule has 1 heterocycles. The molecule has 0 aliphatic rings. The molecule has 0 spiro atoms. The molecular formula is C11H10FN3O4S. The zero-order valence-electron chi connectivity index (χ0n) is 10.00. The quantitative estimate of drug-likeness (QED) is 0.753. The molecule has 0 atom stereocenters. The van der Waals surface area contributed by atoms with E-state index in [0.29, 0.717) is 11.9 Å². The Hall–Kier alpha value is -2.26. The fourth-order valence-corrected chi connectivity index (χ4v) is 2.53. The van der Waals surface area contributed by atoms with Crippen molar-refractivity contribution >= 4 is 16.0 Å². The van der Waals surface area contributed by atoms with Crippen molar-refractivity contribution in [2.75, 3.05) is 0 Å². The van der Waals surface area contributed by atoms with E-state index in [2.05, 4.69) is 14.7 Å². The molecule has 1 aromatic carbocycles. The highest BCUT2D eigenvalue weighted by molar-refractivity contribution is 7.89. The van der Waals surface area contributed by atoms with Gasteiger partial charge in [0.2, 0.25) is 10.0 Å². The maximum Gasteiger partial charge on any atom is 0.335 e. The molecule has 0 unspecified atom stereocenters. The second-order valence-electron chi connectivity index (χ2n) is 3.81. The number of hydrogen-bond acceptors (Lipinski definition) is 4. The largest absolute Gasteiger partial charge is 0.478 e. The Labute approximate surface area is 113 Å². The lowest BCUT2D eigenvalue weighted by atomic mass is 10.2. The summed E-state index contributed by atoms with van der Waals surface area (Å²) >= 11 is 0. The van der Waals surface area contributed by atoms with Crippen LogP contribution in [0.5, 0.6) is 0 Å². The number of carboxylic acid groups (broad SMARTS) is 1. The number of sulfonamides is 1. The van der Waals surface area contributed by atoms with Crippen molar-refractivity contribution in [2.24, 2.45) is 0 Å². The van der Waals surface area contributed by atoms with Gasteiger partial charge in [-0.05, 0) is 18.2 Å². The van der Waals surface area contributed by atoms with E-state index in [1.54, 1.807) is 0 Å². The van der Waals surface area contributed by atoms with E-state index in [1.807, 2.05) is 0 Å². The highest BCUT2D eigenvalue weighted by Crippen LogP contribution is 2.16. The highest BCUT2D eigenvalue weighted by Gasteiger charge is 2.20. The number of aromatic carboxylic acids is 1. The van der Waals surface area contributed by atoms with E-state index in [1.165, 1.54) is 12.4 Å². The minimum absolute atomic E-state index is 0.130. The first kappa shape index (κ1) is 14.2.